The summed E-state index contributed by atoms with van der Waals surface area (Å²) in [6.07, 6.45) is 0.386. The van der Waals surface area contributed by atoms with Crippen molar-refractivity contribution in [2.75, 3.05) is 23.8 Å². The van der Waals surface area contributed by atoms with Crippen LogP contribution in [0, 0.1) is 0 Å². The molecule has 1 unspecified atom stereocenters. The van der Waals surface area contributed by atoms with Crippen LogP contribution in [0.4, 0.5) is 11.4 Å². The van der Waals surface area contributed by atoms with Crippen LogP contribution in [-0.4, -0.2) is 34.1 Å². The first kappa shape index (κ1) is 16.4. The maximum absolute atomic E-state index is 11.8. The maximum Gasteiger partial charge on any atom is 0.296 e. The van der Waals surface area contributed by atoms with Crippen LogP contribution in [0.15, 0.2) is 24.3 Å². The Morgan fingerprint density at radius 3 is 2.65 bits per heavy atom. The van der Waals surface area contributed by atoms with Gasteiger partial charge in [0, 0.05) is 19.4 Å². The van der Waals surface area contributed by atoms with Crippen LogP contribution < -0.4 is 20.9 Å². The SMILES string of the molecule is COCCC(N)C(=O)Nc1cccc(NS(N)(=O)=O)c1. The molecule has 112 valence electrons. The molecule has 1 amide bonds. The molecule has 0 aliphatic rings. The van der Waals surface area contributed by atoms with Gasteiger partial charge in [0.15, 0.2) is 0 Å². The molecular formula is C11H18N4O4S. The van der Waals surface area contributed by atoms with Gasteiger partial charge in [-0.25, -0.2) is 5.14 Å². The number of methoxy groups -OCH3 is 1. The number of nitrogens with two attached hydrogens (primary N) is 2. The number of rotatable bonds is 7. The van der Waals surface area contributed by atoms with Crippen LogP contribution in [0.3, 0.4) is 0 Å². The van der Waals surface area contributed by atoms with Crippen molar-refractivity contribution in [3.05, 3.63) is 24.3 Å². The van der Waals surface area contributed by atoms with Crippen LogP contribution in [0.2, 0.25) is 0 Å². The van der Waals surface area contributed by atoms with Crippen molar-refractivity contribution in [3.63, 3.8) is 0 Å². The fraction of sp³-hybridized carbons (Fsp3) is 0.364. The van der Waals surface area contributed by atoms with Gasteiger partial charge in [-0.15, -0.1) is 0 Å². The molecule has 0 aliphatic carbocycles. The fourth-order valence-corrected chi connectivity index (χ4v) is 1.89. The molecule has 0 aromatic heterocycles. The van der Waals surface area contributed by atoms with E-state index in [1.165, 1.54) is 19.2 Å². The monoisotopic (exact) mass is 302 g/mol. The Morgan fingerprint density at radius 2 is 2.05 bits per heavy atom. The van der Waals surface area contributed by atoms with Crippen LogP contribution in [0.1, 0.15) is 6.42 Å². The molecule has 0 spiro atoms. The normalized spacial score (nSPS) is 12.8. The van der Waals surface area contributed by atoms with Crippen LogP contribution in [-0.2, 0) is 19.7 Å². The molecule has 0 saturated heterocycles. The topological polar surface area (TPSA) is 137 Å². The Kier molecular flexibility index (Phi) is 5.89. The van der Waals surface area contributed by atoms with Gasteiger partial charge < -0.3 is 15.8 Å². The quantitative estimate of drug-likeness (QED) is 0.543. The number of carbonyl (C=O) groups is 1. The second-order valence-electron chi connectivity index (χ2n) is 4.11. The highest BCUT2D eigenvalue weighted by atomic mass is 32.2. The highest BCUT2D eigenvalue weighted by Gasteiger charge is 2.13. The van der Waals surface area contributed by atoms with Crippen molar-refractivity contribution >= 4 is 27.5 Å². The van der Waals surface area contributed by atoms with E-state index in [1.54, 1.807) is 12.1 Å². The third kappa shape index (κ3) is 5.97. The van der Waals surface area contributed by atoms with E-state index in [0.717, 1.165) is 0 Å². The van der Waals surface area contributed by atoms with E-state index in [9.17, 15) is 13.2 Å². The standard InChI is InChI=1S/C11H18N4O4S/c1-19-6-5-10(12)11(16)14-8-3-2-4-9(7-8)15-20(13,17)18/h2-4,7,10,15H,5-6,12H2,1H3,(H,14,16)(H2,13,17,18). The lowest BCUT2D eigenvalue weighted by Gasteiger charge is -2.12. The molecule has 0 heterocycles. The summed E-state index contributed by atoms with van der Waals surface area (Å²) < 4.78 is 28.8. The van der Waals surface area contributed by atoms with E-state index in [2.05, 4.69) is 10.0 Å². The second kappa shape index (κ2) is 7.20. The number of anilines is 2. The Hall–Kier alpha value is -1.68. The van der Waals surface area contributed by atoms with E-state index in [4.69, 9.17) is 15.6 Å². The smallest absolute Gasteiger partial charge is 0.296 e. The van der Waals surface area contributed by atoms with Gasteiger partial charge in [0.1, 0.15) is 0 Å². The molecule has 0 bridgehead atoms. The highest BCUT2D eigenvalue weighted by Crippen LogP contribution is 2.15. The summed E-state index contributed by atoms with van der Waals surface area (Å²) in [5.74, 6) is -0.380. The molecule has 1 aromatic carbocycles. The van der Waals surface area contributed by atoms with Crippen LogP contribution in [0.5, 0.6) is 0 Å². The van der Waals surface area contributed by atoms with Crippen molar-refractivity contribution in [1.29, 1.82) is 0 Å². The number of benzene rings is 1. The van der Waals surface area contributed by atoms with Gasteiger partial charge in [0.05, 0.1) is 11.7 Å². The number of nitrogens with one attached hydrogen (secondary N) is 2. The predicted octanol–water partition coefficient (Wildman–Crippen LogP) is -0.396. The second-order valence-corrected chi connectivity index (χ2v) is 5.40. The zero-order valence-corrected chi connectivity index (χ0v) is 11.8. The minimum Gasteiger partial charge on any atom is -0.385 e. The first-order valence-corrected chi connectivity index (χ1v) is 7.32. The van der Waals surface area contributed by atoms with Gasteiger partial charge in [0.25, 0.3) is 10.2 Å². The third-order valence-corrected chi connectivity index (χ3v) is 2.88. The van der Waals surface area contributed by atoms with E-state index in [0.29, 0.717) is 18.7 Å². The van der Waals surface area contributed by atoms with E-state index in [-0.39, 0.29) is 11.6 Å². The van der Waals surface area contributed by atoms with Gasteiger partial charge in [-0.3, -0.25) is 9.52 Å². The summed E-state index contributed by atoms with van der Waals surface area (Å²) in [7, 11) is -2.33. The number of hydrogen-bond donors (Lipinski definition) is 4. The van der Waals surface area contributed by atoms with Gasteiger partial charge >= 0.3 is 0 Å². The van der Waals surface area contributed by atoms with E-state index < -0.39 is 16.3 Å². The summed E-state index contributed by atoms with van der Waals surface area (Å²) in [4.78, 5) is 11.8. The molecule has 9 heteroatoms. The summed E-state index contributed by atoms with van der Waals surface area (Å²) in [6.45, 7) is 0.377. The van der Waals surface area contributed by atoms with Gasteiger partial charge in [-0.1, -0.05) is 6.07 Å². The average Bonchev–Trinajstić information content (AvgIpc) is 2.34. The molecule has 1 aromatic rings. The van der Waals surface area contributed by atoms with E-state index >= 15 is 0 Å². The summed E-state index contributed by atoms with van der Waals surface area (Å²) >= 11 is 0. The number of carbonyl (C=O) groups excluding carboxylic acids is 1. The van der Waals surface area contributed by atoms with Crippen molar-refractivity contribution < 1.29 is 17.9 Å². The van der Waals surface area contributed by atoms with Gasteiger partial charge in [-0.05, 0) is 24.6 Å². The largest absolute Gasteiger partial charge is 0.385 e. The lowest BCUT2D eigenvalue weighted by Crippen LogP contribution is -2.36. The Balaban J connectivity index is 2.68. The Labute approximate surface area is 117 Å². The minimum absolute atomic E-state index is 0.246. The Morgan fingerprint density at radius 1 is 1.40 bits per heavy atom. The van der Waals surface area contributed by atoms with Crippen molar-refractivity contribution in [3.8, 4) is 0 Å². The molecule has 0 saturated carbocycles. The molecule has 20 heavy (non-hydrogen) atoms. The molecule has 8 nitrogen and oxygen atoms in total. The van der Waals surface area contributed by atoms with Crippen LogP contribution >= 0.6 is 0 Å². The average molecular weight is 302 g/mol. The zero-order valence-electron chi connectivity index (χ0n) is 11.0. The number of ether oxygens (including phenoxy) is 1. The summed E-state index contributed by atoms with van der Waals surface area (Å²) in [5, 5.41) is 7.44. The van der Waals surface area contributed by atoms with Crippen molar-refractivity contribution in [1.82, 2.24) is 0 Å². The van der Waals surface area contributed by atoms with Crippen molar-refractivity contribution in [2.45, 2.75) is 12.5 Å². The zero-order chi connectivity index (χ0) is 15.2. The molecule has 1 atom stereocenters. The molecule has 6 N–H and O–H groups in total. The first-order chi connectivity index (χ1) is 9.31. The molecule has 0 radical (unpaired) electrons. The lowest BCUT2D eigenvalue weighted by molar-refractivity contribution is -0.117. The Bertz CT molecular complexity index is 561. The predicted molar refractivity (Wildman–Crippen MR) is 76.3 cm³/mol. The minimum atomic E-state index is -3.85. The maximum atomic E-state index is 11.8. The first-order valence-electron chi connectivity index (χ1n) is 5.78. The highest BCUT2D eigenvalue weighted by molar-refractivity contribution is 7.90. The third-order valence-electron chi connectivity index (χ3n) is 2.36. The number of hydrogen-bond acceptors (Lipinski definition) is 5. The van der Waals surface area contributed by atoms with Gasteiger partial charge in [0.2, 0.25) is 5.91 Å². The van der Waals surface area contributed by atoms with Crippen LogP contribution in [0.25, 0.3) is 0 Å². The summed E-state index contributed by atoms with van der Waals surface area (Å²) in [6, 6.07) is 5.42. The molecule has 0 aliphatic heterocycles. The summed E-state index contributed by atoms with van der Waals surface area (Å²) in [5.41, 5.74) is 6.33. The molecular weight excluding hydrogens is 284 g/mol. The van der Waals surface area contributed by atoms with Gasteiger partial charge in [-0.2, -0.15) is 8.42 Å². The lowest BCUT2D eigenvalue weighted by atomic mass is 10.2. The fourth-order valence-electron chi connectivity index (χ4n) is 1.44. The van der Waals surface area contributed by atoms with Crippen molar-refractivity contribution in [2.24, 2.45) is 10.9 Å². The number of amides is 1. The van der Waals surface area contributed by atoms with E-state index in [1.807, 2.05) is 0 Å². The molecule has 0 fully saturated rings. The molecule has 1 rings (SSSR count).